The molecule has 58 valence electrons. The topological polar surface area (TPSA) is 40.5 Å². The van der Waals surface area contributed by atoms with Crippen LogP contribution in [0.25, 0.3) is 0 Å². The van der Waals surface area contributed by atoms with Crippen molar-refractivity contribution in [1.29, 1.82) is 0 Å². The lowest BCUT2D eigenvalue weighted by Gasteiger charge is -2.08. The number of carbonyl (C=O) groups excluding carboxylic acids is 1. The molecule has 1 N–H and O–H groups in total. The average Bonchev–Trinajstić information content (AvgIpc) is 2.13. The first-order valence-corrected chi connectivity index (χ1v) is 3.95. The number of halogens is 2. The second kappa shape index (κ2) is 3.00. The molecule has 0 saturated carbocycles. The van der Waals surface area contributed by atoms with Crippen LogP contribution in [0.15, 0.2) is 0 Å². The molecule has 1 heterocycles. The zero-order chi connectivity index (χ0) is 7.72. The van der Waals surface area contributed by atoms with E-state index in [1.54, 1.807) is 22.6 Å². The average molecular weight is 259 g/mol. The molecule has 1 amide bonds. The summed E-state index contributed by atoms with van der Waals surface area (Å²) >= 11 is 1.57. The smallest absolute Gasteiger partial charge is 0.283 e. The van der Waals surface area contributed by atoms with E-state index in [1.807, 2.05) is 0 Å². The Bertz CT molecular complexity index is 145. The van der Waals surface area contributed by atoms with Crippen molar-refractivity contribution in [3.05, 3.63) is 0 Å². The molecule has 0 aromatic rings. The Hall–Kier alpha value is 0.0900. The minimum Gasteiger partial charge on any atom is -0.388 e. The summed E-state index contributed by atoms with van der Waals surface area (Å²) in [6.45, 7) is 0.159. The zero-order valence-electron chi connectivity index (χ0n) is 5.13. The Morgan fingerprint density at radius 3 is 2.50 bits per heavy atom. The fourth-order valence-corrected chi connectivity index (χ4v) is 1.28. The Labute approximate surface area is 71.3 Å². The summed E-state index contributed by atoms with van der Waals surface area (Å²) in [5.41, 5.74) is 0. The molecular weight excluding hydrogens is 252 g/mol. The van der Waals surface area contributed by atoms with E-state index in [1.165, 1.54) is 4.90 Å². The molecule has 0 unspecified atom stereocenters. The lowest BCUT2D eigenvalue weighted by atomic mass is 10.3. The van der Waals surface area contributed by atoms with Gasteiger partial charge in [-0.2, -0.15) is 0 Å². The second-order valence-electron chi connectivity index (χ2n) is 2.24. The minimum absolute atomic E-state index is 0.0307. The molecule has 0 aromatic heterocycles. The van der Waals surface area contributed by atoms with Crippen LogP contribution in [-0.4, -0.2) is 39.3 Å². The molecule has 0 bridgehead atoms. The van der Waals surface area contributed by atoms with E-state index in [0.29, 0.717) is 0 Å². The number of nitrogens with zero attached hydrogens (tertiary/aromatic N) is 1. The maximum absolute atomic E-state index is 12.5. The maximum atomic E-state index is 12.5. The van der Waals surface area contributed by atoms with E-state index in [0.717, 1.165) is 0 Å². The monoisotopic (exact) mass is 259 g/mol. The van der Waals surface area contributed by atoms with Gasteiger partial charge in [0.25, 0.3) is 3.91 Å². The zero-order valence-corrected chi connectivity index (χ0v) is 7.29. The van der Waals surface area contributed by atoms with Gasteiger partial charge in [-0.25, -0.2) is 4.39 Å². The van der Waals surface area contributed by atoms with Crippen LogP contribution >= 0.6 is 22.6 Å². The van der Waals surface area contributed by atoms with E-state index >= 15 is 0 Å². The van der Waals surface area contributed by atoms with Gasteiger partial charge in [0, 0.05) is 22.6 Å². The van der Waals surface area contributed by atoms with Crippen molar-refractivity contribution in [2.24, 2.45) is 0 Å². The van der Waals surface area contributed by atoms with E-state index in [9.17, 15) is 9.18 Å². The lowest BCUT2D eigenvalue weighted by molar-refractivity contribution is 0.116. The summed E-state index contributed by atoms with van der Waals surface area (Å²) in [6, 6.07) is 0. The van der Waals surface area contributed by atoms with Gasteiger partial charge in [-0.1, -0.05) is 0 Å². The number of carbonyl (C=O) groups is 1. The van der Waals surface area contributed by atoms with Gasteiger partial charge in [-0.3, -0.25) is 4.79 Å². The molecule has 1 saturated heterocycles. The van der Waals surface area contributed by atoms with Gasteiger partial charge in [0.15, 0.2) is 0 Å². The Kier molecular flexibility index (Phi) is 2.45. The largest absolute Gasteiger partial charge is 0.388 e. The molecule has 2 atom stereocenters. The quantitative estimate of drug-likeness (QED) is 0.392. The number of amides is 1. The molecule has 1 rings (SSSR count). The highest BCUT2D eigenvalue weighted by molar-refractivity contribution is 14.1. The Balaban J connectivity index is 2.49. The summed E-state index contributed by atoms with van der Waals surface area (Å²) in [5.74, 6) is 0. The SMILES string of the molecule is O=C(I)N1C[C@@H](O)[C@H](F)C1. The number of rotatable bonds is 0. The van der Waals surface area contributed by atoms with Crippen LogP contribution in [0.5, 0.6) is 0 Å². The molecule has 0 radical (unpaired) electrons. The summed E-state index contributed by atoms with van der Waals surface area (Å²) in [5, 5.41) is 8.84. The number of alkyl halides is 1. The lowest BCUT2D eigenvalue weighted by Crippen LogP contribution is -2.23. The number of hydrogen-bond acceptors (Lipinski definition) is 2. The van der Waals surface area contributed by atoms with Crippen LogP contribution in [-0.2, 0) is 0 Å². The van der Waals surface area contributed by atoms with Gasteiger partial charge in [0.1, 0.15) is 12.3 Å². The summed E-state index contributed by atoms with van der Waals surface area (Å²) in [4.78, 5) is 11.9. The number of aliphatic hydroxyl groups is 1. The molecule has 0 aliphatic carbocycles. The third kappa shape index (κ3) is 1.57. The highest BCUT2D eigenvalue weighted by atomic mass is 127. The predicted molar refractivity (Wildman–Crippen MR) is 41.9 cm³/mol. The van der Waals surface area contributed by atoms with Crippen molar-refractivity contribution < 1.29 is 14.3 Å². The van der Waals surface area contributed by atoms with Crippen LogP contribution in [0, 0.1) is 0 Å². The first-order valence-electron chi connectivity index (χ1n) is 2.88. The van der Waals surface area contributed by atoms with E-state index < -0.39 is 12.3 Å². The van der Waals surface area contributed by atoms with Gasteiger partial charge in [-0.05, 0) is 0 Å². The number of aliphatic hydroxyl groups excluding tert-OH is 1. The van der Waals surface area contributed by atoms with Crippen LogP contribution < -0.4 is 0 Å². The van der Waals surface area contributed by atoms with Crippen LogP contribution in [0.2, 0.25) is 0 Å². The van der Waals surface area contributed by atoms with Crippen LogP contribution in [0.4, 0.5) is 9.18 Å². The molecule has 0 aromatic carbocycles. The van der Waals surface area contributed by atoms with Crippen molar-refractivity contribution in [2.75, 3.05) is 13.1 Å². The van der Waals surface area contributed by atoms with Crippen molar-refractivity contribution in [1.82, 2.24) is 4.90 Å². The van der Waals surface area contributed by atoms with Crippen molar-refractivity contribution in [3.8, 4) is 0 Å². The fraction of sp³-hybridized carbons (Fsp3) is 0.800. The molecule has 1 aliphatic rings. The Morgan fingerprint density at radius 2 is 2.30 bits per heavy atom. The normalized spacial score (nSPS) is 32.9. The van der Waals surface area contributed by atoms with Crippen LogP contribution in [0.1, 0.15) is 0 Å². The summed E-state index contributed by atoms with van der Waals surface area (Å²) < 4.78 is 12.3. The summed E-state index contributed by atoms with van der Waals surface area (Å²) in [6.07, 6.45) is -2.25. The highest BCUT2D eigenvalue weighted by Crippen LogP contribution is 2.15. The van der Waals surface area contributed by atoms with Crippen molar-refractivity contribution >= 4 is 26.5 Å². The highest BCUT2D eigenvalue weighted by Gasteiger charge is 2.32. The van der Waals surface area contributed by atoms with Gasteiger partial charge in [0.05, 0.1) is 13.1 Å². The molecule has 1 aliphatic heterocycles. The summed E-state index contributed by atoms with van der Waals surface area (Å²) in [7, 11) is 0. The number of β-amino-alcohol motifs (C(OH)–C–C–N with tert-alkyl or cyclic N) is 1. The predicted octanol–water partition coefficient (Wildman–Crippen LogP) is 0.556. The molecular formula is C5H7FINO2. The molecule has 0 spiro atoms. The molecule has 1 fully saturated rings. The third-order valence-corrected chi connectivity index (χ3v) is 2.15. The first-order chi connectivity index (χ1) is 4.61. The minimum atomic E-state index is -1.27. The first kappa shape index (κ1) is 8.19. The van der Waals surface area contributed by atoms with E-state index in [4.69, 9.17) is 5.11 Å². The van der Waals surface area contributed by atoms with Gasteiger partial charge >= 0.3 is 0 Å². The Morgan fingerprint density at radius 1 is 1.70 bits per heavy atom. The number of hydrogen-bond donors (Lipinski definition) is 1. The van der Waals surface area contributed by atoms with Crippen molar-refractivity contribution in [3.63, 3.8) is 0 Å². The maximum Gasteiger partial charge on any atom is 0.283 e. The second-order valence-corrected chi connectivity index (χ2v) is 3.16. The standard InChI is InChI=1S/C5H7FINO2/c6-3-1-8(5(7)10)2-4(3)9/h3-4,9H,1-2H2/t3-,4-/m1/s1. The van der Waals surface area contributed by atoms with Gasteiger partial charge in [0.2, 0.25) is 0 Å². The fourth-order valence-electron chi connectivity index (χ4n) is 0.890. The molecule has 5 heteroatoms. The van der Waals surface area contributed by atoms with E-state index in [-0.39, 0.29) is 17.0 Å². The number of likely N-dealkylation sites (tertiary alicyclic amines) is 1. The molecule has 10 heavy (non-hydrogen) atoms. The third-order valence-electron chi connectivity index (χ3n) is 1.47. The van der Waals surface area contributed by atoms with Gasteiger partial charge in [-0.15, -0.1) is 0 Å². The van der Waals surface area contributed by atoms with Crippen LogP contribution in [0.3, 0.4) is 0 Å². The van der Waals surface area contributed by atoms with E-state index in [2.05, 4.69) is 0 Å². The van der Waals surface area contributed by atoms with Gasteiger partial charge < -0.3 is 10.0 Å². The molecule has 3 nitrogen and oxygen atoms in total. The van der Waals surface area contributed by atoms with Crippen molar-refractivity contribution in [2.45, 2.75) is 12.3 Å².